The Balaban J connectivity index is 1.95. The van der Waals surface area contributed by atoms with E-state index in [1.165, 1.54) is 0 Å². The molecule has 88 valence electrons. The Morgan fingerprint density at radius 1 is 1.44 bits per heavy atom. The Kier molecular flexibility index (Phi) is 3.87. The zero-order chi connectivity index (χ0) is 11.4. The van der Waals surface area contributed by atoms with E-state index in [-0.39, 0.29) is 0 Å². The minimum atomic E-state index is -0.619. The number of hydrogen-bond acceptors (Lipinski definition) is 5. The van der Waals surface area contributed by atoms with Crippen molar-refractivity contribution in [1.29, 1.82) is 0 Å². The van der Waals surface area contributed by atoms with Gasteiger partial charge in [0.1, 0.15) is 5.82 Å². The van der Waals surface area contributed by atoms with Crippen LogP contribution in [0.4, 0.5) is 5.82 Å². The molecule has 3 N–H and O–H groups in total. The lowest BCUT2D eigenvalue weighted by Gasteiger charge is -2.25. The van der Waals surface area contributed by atoms with Crippen molar-refractivity contribution in [3.8, 4) is 0 Å². The van der Waals surface area contributed by atoms with Crippen molar-refractivity contribution in [2.24, 2.45) is 5.84 Å². The molecule has 1 aromatic heterocycles. The molecule has 0 spiro atoms. The monoisotopic (exact) mass is 240 g/mol. The van der Waals surface area contributed by atoms with Gasteiger partial charge in [-0.3, -0.25) is 9.11 Å². The fourth-order valence-electron chi connectivity index (χ4n) is 1.71. The van der Waals surface area contributed by atoms with Gasteiger partial charge in [-0.2, -0.15) is 0 Å². The molecule has 16 heavy (non-hydrogen) atoms. The number of hydrazine groups is 1. The molecule has 1 aliphatic rings. The largest absolute Gasteiger partial charge is 0.308 e. The first kappa shape index (κ1) is 11.5. The van der Waals surface area contributed by atoms with Crippen molar-refractivity contribution in [2.75, 3.05) is 30.0 Å². The molecule has 0 radical (unpaired) electrons. The highest BCUT2D eigenvalue weighted by atomic mass is 32.2. The first-order valence-electron chi connectivity index (χ1n) is 5.28. The van der Waals surface area contributed by atoms with Crippen LogP contribution >= 0.6 is 0 Å². The standard InChI is InChI=1S/C10H16N4OS/c11-13-10-3-1-2-9(12-10)8-14-4-6-16(15)7-5-14/h1-3H,4-8,11H2,(H,12,13). The zero-order valence-corrected chi connectivity index (χ0v) is 9.87. The smallest absolute Gasteiger partial charge is 0.140 e. The SMILES string of the molecule is NNc1cccc(CN2CCS(=O)CC2)n1. The van der Waals surface area contributed by atoms with E-state index in [0.29, 0.717) is 5.82 Å². The minimum absolute atomic E-state index is 0.619. The topological polar surface area (TPSA) is 71.2 Å². The summed E-state index contributed by atoms with van der Waals surface area (Å²) in [4.78, 5) is 6.62. The van der Waals surface area contributed by atoms with Gasteiger partial charge in [0.25, 0.3) is 0 Å². The quantitative estimate of drug-likeness (QED) is 0.572. The van der Waals surface area contributed by atoms with Crippen LogP contribution in [0.15, 0.2) is 18.2 Å². The summed E-state index contributed by atoms with van der Waals surface area (Å²) in [5.74, 6) is 7.53. The van der Waals surface area contributed by atoms with Gasteiger partial charge >= 0.3 is 0 Å². The van der Waals surface area contributed by atoms with E-state index in [4.69, 9.17) is 5.84 Å². The molecule has 0 amide bonds. The van der Waals surface area contributed by atoms with Crippen LogP contribution in [0.1, 0.15) is 5.69 Å². The second kappa shape index (κ2) is 5.38. The van der Waals surface area contributed by atoms with Gasteiger partial charge in [0.15, 0.2) is 0 Å². The number of hydrogen-bond donors (Lipinski definition) is 2. The van der Waals surface area contributed by atoms with Crippen molar-refractivity contribution < 1.29 is 4.21 Å². The fourth-order valence-corrected chi connectivity index (χ4v) is 2.84. The van der Waals surface area contributed by atoms with E-state index >= 15 is 0 Å². The van der Waals surface area contributed by atoms with Gasteiger partial charge in [0.05, 0.1) is 5.69 Å². The highest BCUT2D eigenvalue weighted by Gasteiger charge is 2.15. The van der Waals surface area contributed by atoms with Crippen LogP contribution in [-0.2, 0) is 17.3 Å². The number of rotatable bonds is 3. The Hall–Kier alpha value is -0.980. The van der Waals surface area contributed by atoms with Crippen LogP contribution in [0.2, 0.25) is 0 Å². The van der Waals surface area contributed by atoms with Gasteiger partial charge in [-0.05, 0) is 12.1 Å². The molecule has 5 nitrogen and oxygen atoms in total. The molecule has 0 bridgehead atoms. The molecule has 1 aromatic rings. The normalized spacial score (nSPS) is 18.6. The van der Waals surface area contributed by atoms with Crippen LogP contribution in [0, 0.1) is 0 Å². The van der Waals surface area contributed by atoms with Gasteiger partial charge in [-0.15, -0.1) is 0 Å². The summed E-state index contributed by atoms with van der Waals surface area (Å²) in [6.07, 6.45) is 0. The van der Waals surface area contributed by atoms with Crippen LogP contribution < -0.4 is 11.3 Å². The number of nitrogens with two attached hydrogens (primary N) is 1. The highest BCUT2D eigenvalue weighted by molar-refractivity contribution is 7.85. The molecule has 0 atom stereocenters. The molecule has 2 heterocycles. The summed E-state index contributed by atoms with van der Waals surface area (Å²) < 4.78 is 11.2. The summed E-state index contributed by atoms with van der Waals surface area (Å²) in [5, 5.41) is 0. The third-order valence-corrected chi connectivity index (χ3v) is 3.89. The van der Waals surface area contributed by atoms with E-state index < -0.39 is 10.8 Å². The molecular weight excluding hydrogens is 224 g/mol. The van der Waals surface area contributed by atoms with E-state index in [0.717, 1.165) is 36.8 Å². The third-order valence-electron chi connectivity index (χ3n) is 2.61. The maximum Gasteiger partial charge on any atom is 0.140 e. The molecule has 1 fully saturated rings. The van der Waals surface area contributed by atoms with Crippen molar-refractivity contribution in [2.45, 2.75) is 6.54 Å². The first-order chi connectivity index (χ1) is 7.78. The second-order valence-corrected chi connectivity index (χ2v) is 5.48. The lowest BCUT2D eigenvalue weighted by Crippen LogP contribution is -2.37. The molecule has 1 aliphatic heterocycles. The molecule has 1 saturated heterocycles. The average Bonchev–Trinajstić information content (AvgIpc) is 2.32. The summed E-state index contributed by atoms with van der Waals surface area (Å²) >= 11 is 0. The van der Waals surface area contributed by atoms with Crippen LogP contribution in [0.5, 0.6) is 0 Å². The molecule has 6 heteroatoms. The van der Waals surface area contributed by atoms with Gasteiger partial charge < -0.3 is 5.43 Å². The van der Waals surface area contributed by atoms with Crippen molar-refractivity contribution in [1.82, 2.24) is 9.88 Å². The van der Waals surface area contributed by atoms with Crippen molar-refractivity contribution in [3.63, 3.8) is 0 Å². The Morgan fingerprint density at radius 3 is 2.88 bits per heavy atom. The van der Waals surface area contributed by atoms with Crippen LogP contribution in [-0.4, -0.2) is 38.7 Å². The van der Waals surface area contributed by atoms with Gasteiger partial charge in [0.2, 0.25) is 0 Å². The van der Waals surface area contributed by atoms with E-state index in [1.807, 2.05) is 18.2 Å². The van der Waals surface area contributed by atoms with Crippen LogP contribution in [0.3, 0.4) is 0 Å². The molecule has 0 unspecified atom stereocenters. The number of nitrogen functional groups attached to an aromatic ring is 1. The Labute approximate surface area is 97.5 Å². The predicted octanol–water partition coefficient (Wildman–Crippen LogP) is -0.0685. The Morgan fingerprint density at radius 2 is 2.19 bits per heavy atom. The molecular formula is C10H16N4OS. The lowest BCUT2D eigenvalue weighted by molar-refractivity contribution is 0.288. The maximum absolute atomic E-state index is 11.2. The predicted molar refractivity (Wildman–Crippen MR) is 65.2 cm³/mol. The molecule has 0 aromatic carbocycles. The van der Waals surface area contributed by atoms with Gasteiger partial charge in [0, 0.05) is 41.9 Å². The number of anilines is 1. The van der Waals surface area contributed by atoms with E-state index in [1.54, 1.807) is 0 Å². The number of nitrogens with one attached hydrogen (secondary N) is 1. The number of pyridine rings is 1. The number of aromatic nitrogens is 1. The fraction of sp³-hybridized carbons (Fsp3) is 0.500. The summed E-state index contributed by atoms with van der Waals surface area (Å²) in [5.41, 5.74) is 3.52. The van der Waals surface area contributed by atoms with Crippen molar-refractivity contribution in [3.05, 3.63) is 23.9 Å². The molecule has 2 rings (SSSR count). The average molecular weight is 240 g/mol. The lowest BCUT2D eigenvalue weighted by atomic mass is 10.3. The Bertz CT molecular complexity index is 375. The van der Waals surface area contributed by atoms with E-state index in [9.17, 15) is 4.21 Å². The minimum Gasteiger partial charge on any atom is -0.308 e. The van der Waals surface area contributed by atoms with Gasteiger partial charge in [-0.1, -0.05) is 6.07 Å². The summed E-state index contributed by atoms with van der Waals surface area (Å²) in [6, 6.07) is 5.74. The van der Waals surface area contributed by atoms with Crippen molar-refractivity contribution >= 4 is 16.6 Å². The zero-order valence-electron chi connectivity index (χ0n) is 9.06. The van der Waals surface area contributed by atoms with Gasteiger partial charge in [-0.25, -0.2) is 10.8 Å². The van der Waals surface area contributed by atoms with Crippen LogP contribution in [0.25, 0.3) is 0 Å². The maximum atomic E-state index is 11.2. The number of nitrogens with zero attached hydrogens (tertiary/aromatic N) is 2. The summed E-state index contributed by atoms with van der Waals surface area (Å²) in [7, 11) is -0.619. The second-order valence-electron chi connectivity index (χ2n) is 3.78. The molecule has 0 saturated carbocycles. The highest BCUT2D eigenvalue weighted by Crippen LogP contribution is 2.08. The first-order valence-corrected chi connectivity index (χ1v) is 6.76. The third kappa shape index (κ3) is 3.01. The molecule has 0 aliphatic carbocycles. The van der Waals surface area contributed by atoms with E-state index in [2.05, 4.69) is 15.3 Å². The summed E-state index contributed by atoms with van der Waals surface area (Å²) in [6.45, 7) is 2.57.